The Morgan fingerprint density at radius 3 is 2.95 bits per heavy atom. The Bertz CT molecular complexity index is 520. The fraction of sp³-hybridized carbons (Fsp3) is 0.462. The van der Waals surface area contributed by atoms with Crippen molar-refractivity contribution in [3.8, 4) is 0 Å². The summed E-state index contributed by atoms with van der Waals surface area (Å²) in [6.07, 6.45) is 5.81. The van der Waals surface area contributed by atoms with Gasteiger partial charge in [-0.2, -0.15) is 0 Å². The van der Waals surface area contributed by atoms with Crippen LogP contribution in [0, 0.1) is 5.92 Å². The van der Waals surface area contributed by atoms with Crippen LogP contribution in [0.5, 0.6) is 0 Å². The molecule has 0 spiro atoms. The van der Waals surface area contributed by atoms with Crippen LogP contribution in [0.25, 0.3) is 0 Å². The van der Waals surface area contributed by atoms with Gasteiger partial charge in [0, 0.05) is 0 Å². The van der Waals surface area contributed by atoms with E-state index >= 15 is 0 Å². The third-order valence-electron chi connectivity index (χ3n) is 3.32. The Balaban J connectivity index is 2.35. The zero-order valence-electron chi connectivity index (χ0n) is 10.9. The lowest BCUT2D eigenvalue weighted by molar-refractivity contribution is -0.146. The summed E-state index contributed by atoms with van der Waals surface area (Å²) < 4.78 is 0. The highest BCUT2D eigenvalue weighted by molar-refractivity contribution is 8.02. The van der Waals surface area contributed by atoms with Crippen molar-refractivity contribution in [2.45, 2.75) is 26.2 Å². The number of amidine groups is 1. The summed E-state index contributed by atoms with van der Waals surface area (Å²) in [5.74, 6) is -2.07. The Morgan fingerprint density at radius 1 is 1.63 bits per heavy atom. The largest absolute Gasteiger partial charge is 0.481 e. The van der Waals surface area contributed by atoms with E-state index in [1.165, 1.54) is 5.57 Å². The minimum absolute atomic E-state index is 0.221. The summed E-state index contributed by atoms with van der Waals surface area (Å²) in [7, 11) is 0. The monoisotopic (exact) mass is 280 g/mol. The van der Waals surface area contributed by atoms with E-state index in [2.05, 4.69) is 17.2 Å². The Labute approximate surface area is 115 Å². The fourth-order valence-electron chi connectivity index (χ4n) is 2.17. The molecular weight excluding hydrogens is 264 g/mol. The number of carboxylic acid groups (broad SMARTS) is 1. The second kappa shape index (κ2) is 5.61. The van der Waals surface area contributed by atoms with Crippen LogP contribution in [-0.4, -0.2) is 29.1 Å². The molecule has 0 saturated carbocycles. The average Bonchev–Trinajstić information content (AvgIpc) is 2.55. The summed E-state index contributed by atoms with van der Waals surface area (Å²) in [6, 6.07) is 0. The molecule has 6 heteroatoms. The maximum atomic E-state index is 11.7. The topological polar surface area (TPSA) is 78.8 Å². The predicted molar refractivity (Wildman–Crippen MR) is 74.9 cm³/mol. The normalized spacial score (nSPS) is 23.1. The van der Waals surface area contributed by atoms with Crippen LogP contribution in [0.1, 0.15) is 26.2 Å². The van der Waals surface area contributed by atoms with E-state index in [0.717, 1.165) is 23.4 Å². The molecular formula is C13H16N2O3S. The van der Waals surface area contributed by atoms with Gasteiger partial charge < -0.3 is 10.4 Å². The average molecular weight is 280 g/mol. The van der Waals surface area contributed by atoms with Gasteiger partial charge in [0.1, 0.15) is 11.8 Å². The molecule has 19 heavy (non-hydrogen) atoms. The van der Waals surface area contributed by atoms with Crippen LogP contribution in [-0.2, 0) is 9.59 Å². The molecule has 2 N–H and O–H groups in total. The van der Waals surface area contributed by atoms with Crippen molar-refractivity contribution >= 4 is 29.5 Å². The zero-order chi connectivity index (χ0) is 14.0. The first-order chi connectivity index (χ1) is 9.06. The van der Waals surface area contributed by atoms with E-state index in [9.17, 15) is 9.59 Å². The number of amides is 1. The number of hydrogen-bond acceptors (Lipinski definition) is 4. The van der Waals surface area contributed by atoms with Gasteiger partial charge in [-0.1, -0.05) is 13.0 Å². The smallest absolute Gasteiger partial charge is 0.316 e. The van der Waals surface area contributed by atoms with E-state index in [4.69, 9.17) is 5.11 Å². The minimum Gasteiger partial charge on any atom is -0.481 e. The number of thioether (sulfide) groups is 1. The predicted octanol–water partition coefficient (Wildman–Crippen LogP) is 1.92. The number of carboxylic acids is 1. The van der Waals surface area contributed by atoms with Crippen molar-refractivity contribution in [3.63, 3.8) is 0 Å². The first kappa shape index (κ1) is 13.9. The molecule has 0 aromatic carbocycles. The van der Waals surface area contributed by atoms with E-state index in [-0.39, 0.29) is 6.42 Å². The number of nitrogens with one attached hydrogen (secondary N) is 1. The molecule has 1 atom stereocenters. The summed E-state index contributed by atoms with van der Waals surface area (Å²) >= 11 is 1.55. The number of nitrogens with zero attached hydrogens (tertiary/aromatic N) is 1. The van der Waals surface area contributed by atoms with Crippen molar-refractivity contribution in [1.29, 1.82) is 0 Å². The van der Waals surface area contributed by atoms with Gasteiger partial charge in [-0.05, 0) is 36.7 Å². The van der Waals surface area contributed by atoms with Crippen LogP contribution in [0.3, 0.4) is 0 Å². The summed E-state index contributed by atoms with van der Waals surface area (Å²) in [6.45, 7) is 2.07. The standard InChI is InChI=1S/C13H16N2O3S/c1-3-7-4-5-8-6-9(13(17)18)11(16)14-10(8)15-12(7)19-2/h5,9H,3-4,6H2,1-2H3,(H,17,18)(H,14,15,16). The van der Waals surface area contributed by atoms with Crippen molar-refractivity contribution in [2.24, 2.45) is 10.9 Å². The van der Waals surface area contributed by atoms with Crippen LogP contribution >= 0.6 is 11.8 Å². The molecule has 2 aliphatic heterocycles. The second-order valence-electron chi connectivity index (χ2n) is 4.44. The maximum Gasteiger partial charge on any atom is 0.316 e. The second-order valence-corrected chi connectivity index (χ2v) is 5.24. The summed E-state index contributed by atoms with van der Waals surface area (Å²) in [5.41, 5.74) is 2.03. The van der Waals surface area contributed by atoms with Crippen LogP contribution in [0.15, 0.2) is 27.2 Å². The zero-order valence-corrected chi connectivity index (χ0v) is 11.7. The van der Waals surface area contributed by atoms with Gasteiger partial charge in [0.2, 0.25) is 5.91 Å². The minimum atomic E-state index is -1.09. The quantitative estimate of drug-likeness (QED) is 0.774. The van der Waals surface area contributed by atoms with Gasteiger partial charge in [-0.25, -0.2) is 4.99 Å². The van der Waals surface area contributed by atoms with Gasteiger partial charge in [-0.15, -0.1) is 11.8 Å². The first-order valence-corrected chi connectivity index (χ1v) is 7.37. The number of hydrogen-bond donors (Lipinski definition) is 2. The molecule has 1 amide bonds. The van der Waals surface area contributed by atoms with Gasteiger partial charge in [0.25, 0.3) is 0 Å². The number of rotatable bonds is 3. The van der Waals surface area contributed by atoms with Crippen molar-refractivity contribution in [1.82, 2.24) is 5.32 Å². The van der Waals surface area contributed by atoms with E-state index < -0.39 is 17.8 Å². The lowest BCUT2D eigenvalue weighted by Crippen LogP contribution is -2.45. The SMILES string of the molecule is CCC1=C(SC)N=C2NC(=O)C(C(=O)O)CC2=CC1. The number of carbonyl (C=O) groups excluding carboxylic acids is 1. The molecule has 2 rings (SSSR count). The number of fused-ring (bicyclic) bond motifs is 1. The van der Waals surface area contributed by atoms with Crippen LogP contribution < -0.4 is 5.32 Å². The highest BCUT2D eigenvalue weighted by Gasteiger charge is 2.35. The molecule has 0 radical (unpaired) electrons. The third-order valence-corrected chi connectivity index (χ3v) is 4.08. The van der Waals surface area contributed by atoms with Crippen LogP contribution in [0.2, 0.25) is 0 Å². The lowest BCUT2D eigenvalue weighted by atomic mass is 9.92. The number of aliphatic carboxylic acids is 1. The van der Waals surface area contributed by atoms with E-state index in [1.54, 1.807) is 11.8 Å². The van der Waals surface area contributed by atoms with Gasteiger partial charge in [0.15, 0.2) is 0 Å². The van der Waals surface area contributed by atoms with Gasteiger partial charge in [-0.3, -0.25) is 9.59 Å². The molecule has 0 aromatic heterocycles. The summed E-state index contributed by atoms with van der Waals surface area (Å²) in [4.78, 5) is 27.2. The van der Waals surface area contributed by atoms with Gasteiger partial charge >= 0.3 is 5.97 Å². The molecule has 0 aliphatic carbocycles. The molecule has 0 bridgehead atoms. The highest BCUT2D eigenvalue weighted by Crippen LogP contribution is 2.30. The Morgan fingerprint density at radius 2 is 2.37 bits per heavy atom. The van der Waals surface area contributed by atoms with E-state index in [1.807, 2.05) is 12.3 Å². The van der Waals surface area contributed by atoms with Crippen molar-refractivity contribution < 1.29 is 14.7 Å². The molecule has 1 fully saturated rings. The lowest BCUT2D eigenvalue weighted by Gasteiger charge is -2.22. The number of piperidine rings is 1. The molecule has 1 unspecified atom stereocenters. The number of aliphatic imine (C=N–C) groups is 1. The number of allylic oxidation sites excluding steroid dienone is 2. The highest BCUT2D eigenvalue weighted by atomic mass is 32.2. The van der Waals surface area contributed by atoms with E-state index in [0.29, 0.717) is 5.84 Å². The van der Waals surface area contributed by atoms with Crippen molar-refractivity contribution in [2.75, 3.05) is 6.26 Å². The maximum absolute atomic E-state index is 11.7. The molecule has 0 aromatic rings. The molecule has 5 nitrogen and oxygen atoms in total. The molecule has 102 valence electrons. The Kier molecular flexibility index (Phi) is 4.09. The molecule has 2 aliphatic rings. The fourth-order valence-corrected chi connectivity index (χ4v) is 2.87. The first-order valence-electron chi connectivity index (χ1n) is 6.14. The van der Waals surface area contributed by atoms with Gasteiger partial charge in [0.05, 0.1) is 5.03 Å². The van der Waals surface area contributed by atoms with Crippen LogP contribution in [0.4, 0.5) is 0 Å². The molecule has 2 heterocycles. The Hall–Kier alpha value is -1.56. The van der Waals surface area contributed by atoms with Crippen molar-refractivity contribution in [3.05, 3.63) is 22.3 Å². The summed E-state index contributed by atoms with van der Waals surface area (Å²) in [5, 5.41) is 12.6. The third kappa shape index (κ3) is 2.73. The number of carbonyl (C=O) groups is 2. The molecule has 1 saturated heterocycles.